The summed E-state index contributed by atoms with van der Waals surface area (Å²) in [6.45, 7) is 0.955. The van der Waals surface area contributed by atoms with E-state index in [0.717, 1.165) is 12.1 Å². The highest BCUT2D eigenvalue weighted by Crippen LogP contribution is 2.33. The molecular weight excluding hydrogens is 358 g/mol. The largest absolute Gasteiger partial charge is 0.493 e. The van der Waals surface area contributed by atoms with Crippen LogP contribution in [0.4, 0.5) is 10.5 Å². The van der Waals surface area contributed by atoms with Gasteiger partial charge in [-0.2, -0.15) is 0 Å². The fourth-order valence-corrected chi connectivity index (χ4v) is 3.25. The van der Waals surface area contributed by atoms with Crippen molar-refractivity contribution in [3.05, 3.63) is 54.1 Å². The minimum atomic E-state index is -0.261. The summed E-state index contributed by atoms with van der Waals surface area (Å²) in [6, 6.07) is 14.8. The smallest absolute Gasteiger partial charge is 0.315 e. The molecule has 2 aromatic rings. The number of hydrogen-bond acceptors (Lipinski definition) is 4. The molecule has 3 amide bonds. The lowest BCUT2D eigenvalue weighted by Gasteiger charge is -2.19. The molecule has 3 rings (SSSR count). The average Bonchev–Trinajstić information content (AvgIpc) is 3.08. The number of benzene rings is 2. The molecule has 0 unspecified atom stereocenters. The van der Waals surface area contributed by atoms with Crippen molar-refractivity contribution < 1.29 is 19.1 Å². The molecule has 1 fully saturated rings. The Labute approximate surface area is 164 Å². The van der Waals surface area contributed by atoms with E-state index in [1.165, 1.54) is 5.56 Å². The second-order valence-corrected chi connectivity index (χ2v) is 6.58. The zero-order valence-corrected chi connectivity index (χ0v) is 16.1. The summed E-state index contributed by atoms with van der Waals surface area (Å²) < 4.78 is 10.5. The van der Waals surface area contributed by atoms with E-state index in [1.54, 1.807) is 31.3 Å². The van der Waals surface area contributed by atoms with Crippen LogP contribution in [0.5, 0.6) is 11.5 Å². The molecule has 1 aliphatic rings. The first-order chi connectivity index (χ1) is 13.6. The van der Waals surface area contributed by atoms with Crippen molar-refractivity contribution in [2.24, 2.45) is 0 Å². The Hall–Kier alpha value is -3.22. The number of amides is 3. The van der Waals surface area contributed by atoms with Gasteiger partial charge in [0.05, 0.1) is 20.3 Å². The molecule has 0 spiro atoms. The first-order valence-corrected chi connectivity index (χ1v) is 9.21. The number of nitrogens with zero attached hydrogens (tertiary/aromatic N) is 1. The van der Waals surface area contributed by atoms with E-state index in [1.807, 2.05) is 36.4 Å². The van der Waals surface area contributed by atoms with Gasteiger partial charge in [-0.05, 0) is 24.1 Å². The van der Waals surface area contributed by atoms with E-state index in [9.17, 15) is 9.59 Å². The van der Waals surface area contributed by atoms with Gasteiger partial charge in [-0.25, -0.2) is 4.79 Å². The Bertz CT molecular complexity index is 826. The van der Waals surface area contributed by atoms with Crippen molar-refractivity contribution in [1.29, 1.82) is 0 Å². The van der Waals surface area contributed by atoms with Gasteiger partial charge in [-0.15, -0.1) is 0 Å². The number of carbonyl (C=O) groups excluding carboxylic acids is 2. The van der Waals surface area contributed by atoms with Gasteiger partial charge < -0.3 is 25.0 Å². The van der Waals surface area contributed by atoms with E-state index in [0.29, 0.717) is 24.6 Å². The lowest BCUT2D eigenvalue weighted by Crippen LogP contribution is -2.43. The Balaban J connectivity index is 1.52. The molecule has 1 saturated heterocycles. The van der Waals surface area contributed by atoms with E-state index >= 15 is 0 Å². The fourth-order valence-electron chi connectivity index (χ4n) is 3.25. The molecule has 0 saturated carbocycles. The van der Waals surface area contributed by atoms with E-state index in [4.69, 9.17) is 9.47 Å². The SMILES string of the molecule is COc1ccc(N2C[C@@H](NC(=O)NCCc3ccccc3)CC2=O)cc1OC. The van der Waals surface area contributed by atoms with Gasteiger partial charge in [0.2, 0.25) is 5.91 Å². The number of methoxy groups -OCH3 is 2. The van der Waals surface area contributed by atoms with Gasteiger partial charge in [0.25, 0.3) is 0 Å². The van der Waals surface area contributed by atoms with Crippen LogP contribution in [0.25, 0.3) is 0 Å². The van der Waals surface area contributed by atoms with Crippen LogP contribution in [0.15, 0.2) is 48.5 Å². The molecule has 7 nitrogen and oxygen atoms in total. The zero-order valence-electron chi connectivity index (χ0n) is 16.1. The van der Waals surface area contributed by atoms with E-state index in [2.05, 4.69) is 10.6 Å². The highest BCUT2D eigenvalue weighted by molar-refractivity contribution is 5.97. The molecular formula is C21H25N3O4. The number of rotatable bonds is 7. The number of hydrogen-bond donors (Lipinski definition) is 2. The molecule has 0 aromatic heterocycles. The lowest BCUT2D eigenvalue weighted by atomic mass is 10.1. The molecule has 148 valence electrons. The maximum absolute atomic E-state index is 12.4. The summed E-state index contributed by atoms with van der Waals surface area (Å²) in [5, 5.41) is 5.72. The van der Waals surface area contributed by atoms with Gasteiger partial charge in [0.1, 0.15) is 0 Å². The molecule has 0 bridgehead atoms. The van der Waals surface area contributed by atoms with Crippen LogP contribution in [0.1, 0.15) is 12.0 Å². The second-order valence-electron chi connectivity index (χ2n) is 6.58. The molecule has 2 N–H and O–H groups in total. The maximum Gasteiger partial charge on any atom is 0.315 e. The number of anilines is 1. The number of carbonyl (C=O) groups is 2. The minimum Gasteiger partial charge on any atom is -0.493 e. The third-order valence-electron chi connectivity index (χ3n) is 4.68. The first-order valence-electron chi connectivity index (χ1n) is 9.21. The van der Waals surface area contributed by atoms with Crippen molar-refractivity contribution in [3.8, 4) is 11.5 Å². The predicted molar refractivity (Wildman–Crippen MR) is 107 cm³/mol. The van der Waals surface area contributed by atoms with Gasteiger partial charge in [-0.3, -0.25) is 4.79 Å². The van der Waals surface area contributed by atoms with Crippen molar-refractivity contribution in [2.75, 3.05) is 32.2 Å². The molecule has 0 radical (unpaired) electrons. The third kappa shape index (κ3) is 4.73. The van der Waals surface area contributed by atoms with Gasteiger partial charge in [0.15, 0.2) is 11.5 Å². The summed E-state index contributed by atoms with van der Waals surface area (Å²) in [7, 11) is 3.12. The second kappa shape index (κ2) is 9.12. The van der Waals surface area contributed by atoms with Crippen molar-refractivity contribution in [1.82, 2.24) is 10.6 Å². The normalized spacial score (nSPS) is 16.0. The van der Waals surface area contributed by atoms with Crippen LogP contribution in [-0.4, -0.2) is 45.3 Å². The van der Waals surface area contributed by atoms with Crippen LogP contribution >= 0.6 is 0 Å². The Morgan fingerprint density at radius 2 is 1.86 bits per heavy atom. The standard InChI is InChI=1S/C21H25N3O4/c1-27-18-9-8-17(13-19(18)28-2)24-14-16(12-20(24)25)23-21(26)22-11-10-15-6-4-3-5-7-15/h3-9,13,16H,10-12,14H2,1-2H3,(H2,22,23,26)/t16-/m0/s1. The van der Waals surface area contributed by atoms with Gasteiger partial charge in [-0.1, -0.05) is 30.3 Å². The Morgan fingerprint density at radius 1 is 1.11 bits per heavy atom. The quantitative estimate of drug-likeness (QED) is 0.769. The Morgan fingerprint density at radius 3 is 2.57 bits per heavy atom. The molecule has 2 aromatic carbocycles. The summed E-state index contributed by atoms with van der Waals surface area (Å²) in [4.78, 5) is 26.2. The van der Waals surface area contributed by atoms with Crippen LogP contribution in [0.3, 0.4) is 0 Å². The average molecular weight is 383 g/mol. The maximum atomic E-state index is 12.4. The van der Waals surface area contributed by atoms with Crippen LogP contribution in [-0.2, 0) is 11.2 Å². The van der Waals surface area contributed by atoms with Crippen molar-refractivity contribution >= 4 is 17.6 Å². The highest BCUT2D eigenvalue weighted by Gasteiger charge is 2.32. The molecule has 28 heavy (non-hydrogen) atoms. The van der Waals surface area contributed by atoms with Gasteiger partial charge in [0, 0.05) is 31.3 Å². The number of nitrogens with one attached hydrogen (secondary N) is 2. The molecule has 1 atom stereocenters. The van der Waals surface area contributed by atoms with Crippen LogP contribution in [0, 0.1) is 0 Å². The lowest BCUT2D eigenvalue weighted by molar-refractivity contribution is -0.117. The van der Waals surface area contributed by atoms with E-state index in [-0.39, 0.29) is 24.4 Å². The summed E-state index contributed by atoms with van der Waals surface area (Å²) in [5.41, 5.74) is 1.88. The van der Waals surface area contributed by atoms with Crippen LogP contribution in [0.2, 0.25) is 0 Å². The summed E-state index contributed by atoms with van der Waals surface area (Å²) >= 11 is 0. The fraction of sp³-hybridized carbons (Fsp3) is 0.333. The number of urea groups is 1. The molecule has 7 heteroatoms. The number of ether oxygens (including phenoxy) is 2. The first kappa shape index (κ1) is 19.5. The molecule has 1 heterocycles. The Kier molecular flexibility index (Phi) is 6.37. The van der Waals surface area contributed by atoms with Crippen molar-refractivity contribution in [2.45, 2.75) is 18.9 Å². The summed E-state index contributed by atoms with van der Waals surface area (Å²) in [6.07, 6.45) is 1.02. The predicted octanol–water partition coefficient (Wildman–Crippen LogP) is 2.35. The summed E-state index contributed by atoms with van der Waals surface area (Å²) in [5.74, 6) is 1.12. The minimum absolute atomic E-state index is 0.0400. The highest BCUT2D eigenvalue weighted by atomic mass is 16.5. The zero-order chi connectivity index (χ0) is 19.9. The molecule has 0 aliphatic carbocycles. The van der Waals surface area contributed by atoms with Gasteiger partial charge >= 0.3 is 6.03 Å². The third-order valence-corrected chi connectivity index (χ3v) is 4.68. The molecule has 1 aliphatic heterocycles. The topological polar surface area (TPSA) is 79.9 Å². The monoisotopic (exact) mass is 383 g/mol. The van der Waals surface area contributed by atoms with Crippen molar-refractivity contribution in [3.63, 3.8) is 0 Å². The van der Waals surface area contributed by atoms with Crippen LogP contribution < -0.4 is 25.0 Å². The van der Waals surface area contributed by atoms with E-state index < -0.39 is 0 Å².